The van der Waals surface area contributed by atoms with Crippen LogP contribution in [0.4, 0.5) is 24.5 Å². The molecule has 3 fully saturated rings. The van der Waals surface area contributed by atoms with Crippen LogP contribution in [-0.2, 0) is 11.0 Å². The number of ether oxygens (including phenoxy) is 1. The van der Waals surface area contributed by atoms with Crippen molar-refractivity contribution in [3.8, 4) is 5.88 Å². The fourth-order valence-corrected chi connectivity index (χ4v) is 5.52. The molecule has 12 heteroatoms. The van der Waals surface area contributed by atoms with Gasteiger partial charge in [-0.3, -0.25) is 14.7 Å². The Balaban J connectivity index is 1.35. The third-order valence-corrected chi connectivity index (χ3v) is 7.48. The number of thiocarbonyl (C=S) groups is 1. The Kier molecular flexibility index (Phi) is 6.60. The van der Waals surface area contributed by atoms with Crippen LogP contribution in [0, 0.1) is 0 Å². The first-order chi connectivity index (χ1) is 17.2. The molecular formula is C24H26F3N5O3S. The van der Waals surface area contributed by atoms with Gasteiger partial charge in [-0.2, -0.15) is 13.2 Å². The van der Waals surface area contributed by atoms with Crippen LogP contribution in [0.3, 0.4) is 0 Å². The number of anilines is 2. The molecule has 1 spiro atoms. The number of β-amino-alcohol motifs (C(OH)–C–C–N with tert-alkyl or cyclic N) is 1. The van der Waals surface area contributed by atoms with Crippen LogP contribution in [0.2, 0.25) is 0 Å². The topological polar surface area (TPSA) is 82.0 Å². The fourth-order valence-electron chi connectivity index (χ4n) is 5.05. The van der Waals surface area contributed by atoms with Crippen molar-refractivity contribution in [3.63, 3.8) is 0 Å². The highest BCUT2D eigenvalue weighted by Crippen LogP contribution is 2.48. The molecule has 4 heterocycles. The van der Waals surface area contributed by atoms with Gasteiger partial charge in [0.1, 0.15) is 11.6 Å². The second-order valence-electron chi connectivity index (χ2n) is 9.31. The van der Waals surface area contributed by atoms with Crippen LogP contribution >= 0.6 is 12.2 Å². The maximum absolute atomic E-state index is 13.5. The Morgan fingerprint density at radius 1 is 1.14 bits per heavy atom. The number of hydrogen-bond acceptors (Lipinski definition) is 7. The standard InChI is InChI=1S/C24H26F3N5O3S/c25-24(26,27)16-12-18(14-28-13-16)31-21(34)23(6-1-7-23)32(22(31)36)17-2-3-20(29-15-17)35-19-4-8-30(9-5-19)10-11-33/h2-3,12-15,19,33H,1,4-11H2. The minimum atomic E-state index is -4.59. The van der Waals surface area contributed by atoms with Crippen molar-refractivity contribution >= 4 is 34.6 Å². The fraction of sp³-hybridized carbons (Fsp3) is 0.500. The van der Waals surface area contributed by atoms with E-state index in [-0.39, 0.29) is 29.4 Å². The zero-order valence-corrected chi connectivity index (χ0v) is 20.3. The largest absolute Gasteiger partial charge is 0.474 e. The summed E-state index contributed by atoms with van der Waals surface area (Å²) in [7, 11) is 0. The number of pyridine rings is 2. The van der Waals surface area contributed by atoms with Crippen molar-refractivity contribution in [1.29, 1.82) is 0 Å². The van der Waals surface area contributed by atoms with Crippen molar-refractivity contribution in [1.82, 2.24) is 14.9 Å². The first kappa shape index (κ1) is 24.8. The number of amides is 1. The van der Waals surface area contributed by atoms with Crippen LogP contribution in [0.1, 0.15) is 37.7 Å². The Morgan fingerprint density at radius 2 is 1.89 bits per heavy atom. The third kappa shape index (κ3) is 4.41. The van der Waals surface area contributed by atoms with E-state index in [0.29, 0.717) is 31.0 Å². The molecule has 2 aromatic heterocycles. The number of aliphatic hydroxyl groups is 1. The summed E-state index contributed by atoms with van der Waals surface area (Å²) in [6.45, 7) is 2.48. The molecule has 0 unspecified atom stereocenters. The number of nitrogens with zero attached hydrogens (tertiary/aromatic N) is 5. The molecule has 2 aliphatic heterocycles. The van der Waals surface area contributed by atoms with E-state index in [4.69, 9.17) is 22.1 Å². The second kappa shape index (κ2) is 9.56. The molecule has 1 N–H and O–H groups in total. The second-order valence-corrected chi connectivity index (χ2v) is 9.68. The first-order valence-corrected chi connectivity index (χ1v) is 12.3. The van der Waals surface area contributed by atoms with E-state index in [2.05, 4.69) is 14.9 Å². The van der Waals surface area contributed by atoms with Crippen molar-refractivity contribution in [2.75, 3.05) is 36.0 Å². The predicted octanol–water partition coefficient (Wildman–Crippen LogP) is 3.39. The van der Waals surface area contributed by atoms with Gasteiger partial charge in [0, 0.05) is 31.9 Å². The average Bonchev–Trinajstić information content (AvgIpc) is 3.07. The zero-order chi connectivity index (χ0) is 25.5. The summed E-state index contributed by atoms with van der Waals surface area (Å²) in [5.41, 5.74) is -1.30. The van der Waals surface area contributed by atoms with Gasteiger partial charge >= 0.3 is 6.18 Å². The molecule has 36 heavy (non-hydrogen) atoms. The summed E-state index contributed by atoms with van der Waals surface area (Å²) in [4.78, 5) is 26.7. The number of hydrogen-bond donors (Lipinski definition) is 1. The minimum Gasteiger partial charge on any atom is -0.474 e. The van der Waals surface area contributed by atoms with Crippen molar-refractivity contribution < 1.29 is 27.8 Å². The highest BCUT2D eigenvalue weighted by Gasteiger charge is 2.59. The molecule has 5 rings (SSSR count). The lowest BCUT2D eigenvalue weighted by molar-refractivity contribution is -0.137. The maximum atomic E-state index is 13.5. The van der Waals surface area contributed by atoms with Crippen LogP contribution in [-0.4, -0.2) is 68.9 Å². The molecular weight excluding hydrogens is 495 g/mol. The summed E-state index contributed by atoms with van der Waals surface area (Å²) < 4.78 is 45.8. The van der Waals surface area contributed by atoms with Crippen LogP contribution in [0.15, 0.2) is 36.8 Å². The van der Waals surface area contributed by atoms with E-state index in [1.165, 1.54) is 6.20 Å². The van der Waals surface area contributed by atoms with E-state index in [1.807, 2.05) is 0 Å². The van der Waals surface area contributed by atoms with E-state index in [1.54, 1.807) is 23.2 Å². The van der Waals surface area contributed by atoms with Crippen molar-refractivity contribution in [2.45, 2.75) is 49.9 Å². The molecule has 0 radical (unpaired) electrons. The predicted molar refractivity (Wildman–Crippen MR) is 130 cm³/mol. The molecule has 1 aliphatic carbocycles. The van der Waals surface area contributed by atoms with E-state index in [9.17, 15) is 18.0 Å². The summed E-state index contributed by atoms with van der Waals surface area (Å²) >= 11 is 5.63. The summed E-state index contributed by atoms with van der Waals surface area (Å²) in [6.07, 6.45) is 2.52. The molecule has 8 nitrogen and oxygen atoms in total. The number of carbonyl (C=O) groups excluding carboxylic acids is 1. The van der Waals surface area contributed by atoms with Gasteiger partial charge in [-0.1, -0.05) is 0 Å². The number of halogens is 3. The van der Waals surface area contributed by atoms with Gasteiger partial charge in [-0.15, -0.1) is 0 Å². The molecule has 0 aromatic carbocycles. The number of alkyl halides is 3. The van der Waals surface area contributed by atoms with Crippen LogP contribution in [0.5, 0.6) is 5.88 Å². The number of aromatic nitrogens is 2. The smallest absolute Gasteiger partial charge is 0.417 e. The van der Waals surface area contributed by atoms with Gasteiger partial charge in [-0.05, 0) is 56.5 Å². The highest BCUT2D eigenvalue weighted by atomic mass is 32.1. The Bertz CT molecular complexity index is 1130. The van der Waals surface area contributed by atoms with Gasteiger partial charge in [-0.25, -0.2) is 4.98 Å². The number of likely N-dealkylation sites (tertiary alicyclic amines) is 1. The Labute approximate surface area is 211 Å². The third-order valence-electron chi connectivity index (χ3n) is 7.12. The summed E-state index contributed by atoms with van der Waals surface area (Å²) in [6, 6.07) is 4.40. The normalized spacial score (nSPS) is 20.8. The van der Waals surface area contributed by atoms with Gasteiger partial charge in [0.15, 0.2) is 5.11 Å². The molecule has 2 saturated heterocycles. The monoisotopic (exact) mass is 521 g/mol. The van der Waals surface area contributed by atoms with E-state index < -0.39 is 17.3 Å². The zero-order valence-electron chi connectivity index (χ0n) is 19.4. The number of aliphatic hydroxyl groups excluding tert-OH is 1. The number of carbonyl (C=O) groups is 1. The lowest BCUT2D eigenvalue weighted by Gasteiger charge is -2.42. The summed E-state index contributed by atoms with van der Waals surface area (Å²) in [5, 5.41) is 9.19. The van der Waals surface area contributed by atoms with Crippen molar-refractivity contribution in [2.24, 2.45) is 0 Å². The quantitative estimate of drug-likeness (QED) is 0.580. The molecule has 1 saturated carbocycles. The molecule has 0 atom stereocenters. The van der Waals surface area contributed by atoms with Gasteiger partial charge in [0.2, 0.25) is 5.88 Å². The van der Waals surface area contributed by atoms with E-state index in [0.717, 1.165) is 49.5 Å². The van der Waals surface area contributed by atoms with Crippen LogP contribution < -0.4 is 14.5 Å². The van der Waals surface area contributed by atoms with Gasteiger partial charge in [0.05, 0.1) is 35.9 Å². The molecule has 192 valence electrons. The number of rotatable bonds is 6. The summed E-state index contributed by atoms with van der Waals surface area (Å²) in [5.74, 6) is 0.104. The molecule has 0 bridgehead atoms. The average molecular weight is 522 g/mol. The van der Waals surface area contributed by atoms with E-state index >= 15 is 0 Å². The van der Waals surface area contributed by atoms with Gasteiger partial charge in [0.25, 0.3) is 5.91 Å². The number of piperidine rings is 1. The Hall–Kier alpha value is -2.83. The lowest BCUT2D eigenvalue weighted by Crippen LogP contribution is -2.55. The lowest BCUT2D eigenvalue weighted by atomic mass is 9.75. The SMILES string of the molecule is O=C1N(c2cncc(C(F)(F)F)c2)C(=S)N(c2ccc(OC3CCN(CCO)CC3)nc2)C12CCC2. The van der Waals surface area contributed by atoms with Gasteiger partial charge < -0.3 is 19.6 Å². The maximum Gasteiger partial charge on any atom is 0.417 e. The minimum absolute atomic E-state index is 0.00551. The molecule has 3 aliphatic rings. The van der Waals surface area contributed by atoms with Crippen LogP contribution in [0.25, 0.3) is 0 Å². The Morgan fingerprint density at radius 3 is 2.47 bits per heavy atom. The molecule has 1 amide bonds. The first-order valence-electron chi connectivity index (χ1n) is 11.9. The highest BCUT2D eigenvalue weighted by molar-refractivity contribution is 7.81. The molecule has 2 aromatic rings. The van der Waals surface area contributed by atoms with Crippen molar-refractivity contribution in [3.05, 3.63) is 42.4 Å².